The predicted molar refractivity (Wildman–Crippen MR) is 253 cm³/mol. The van der Waals surface area contributed by atoms with Crippen LogP contribution in [0, 0.1) is 0 Å². The molecule has 2 radical (unpaired) electrons. The maximum absolute atomic E-state index is 8.33. The zero-order chi connectivity index (χ0) is 44.8. The summed E-state index contributed by atoms with van der Waals surface area (Å²) in [6.45, 7) is 0. The number of hydrogen-bond acceptors (Lipinski definition) is 9. The first-order valence-electron chi connectivity index (χ1n) is 26.0. The van der Waals surface area contributed by atoms with Gasteiger partial charge in [-0.2, -0.15) is 0 Å². The van der Waals surface area contributed by atoms with E-state index in [4.69, 9.17) is 45.6 Å². The van der Waals surface area contributed by atoms with Crippen LogP contribution in [0.3, 0.4) is 0 Å². The van der Waals surface area contributed by atoms with Crippen LogP contribution in [0.15, 0.2) is 73.6 Å². The van der Waals surface area contributed by atoms with E-state index in [1.165, 1.54) is 188 Å². The van der Waals surface area contributed by atoms with E-state index in [2.05, 4.69) is 101 Å². The zero-order valence-electron chi connectivity index (χ0n) is 39.5. The average molecular weight is 1020 g/mol. The predicted octanol–water partition coefficient (Wildman–Crippen LogP) is 7.37. The van der Waals surface area contributed by atoms with Crippen LogP contribution < -0.4 is 10.2 Å². The molecule has 0 saturated heterocycles. The van der Waals surface area contributed by atoms with Crippen LogP contribution in [0.25, 0.3) is 0 Å². The van der Waals surface area contributed by atoms with Gasteiger partial charge in [0.25, 0.3) is 0 Å². The second-order valence-corrected chi connectivity index (χ2v) is 20.7. The molecule has 0 spiro atoms. The molecule has 0 bridgehead atoms. The van der Waals surface area contributed by atoms with Crippen molar-refractivity contribution in [2.45, 2.75) is 190 Å². The van der Waals surface area contributed by atoms with Crippen LogP contribution in [-0.4, -0.2) is 78.5 Å². The van der Waals surface area contributed by atoms with Crippen LogP contribution >= 0.6 is 0 Å². The first-order valence-corrected chi connectivity index (χ1v) is 26.0. The molecule has 0 unspecified atom stereocenters. The molecular formula is C49H68B2Cu2N12O3. The van der Waals surface area contributed by atoms with Crippen molar-refractivity contribution in [2.24, 2.45) is 0 Å². The molecule has 0 N–H and O–H groups in total. The summed E-state index contributed by atoms with van der Waals surface area (Å²) < 4.78 is 12.9. The summed E-state index contributed by atoms with van der Waals surface area (Å²) >= 11 is 0. The Kier molecular flexibility index (Phi) is 17.3. The van der Waals surface area contributed by atoms with Crippen LogP contribution in [0.2, 0.25) is 0 Å². The first kappa shape index (κ1) is 50.1. The van der Waals surface area contributed by atoms with Crippen LogP contribution in [0.5, 0.6) is 0 Å². The Morgan fingerprint density at radius 3 is 0.603 bits per heavy atom. The van der Waals surface area contributed by atoms with Crippen molar-refractivity contribution < 1.29 is 49.1 Å². The summed E-state index contributed by atoms with van der Waals surface area (Å²) in [6.07, 6.45) is 42.0. The number of aromatic nitrogens is 12. The molecule has 0 aromatic carbocycles. The molecular weight excluding hydrogens is 953 g/mol. The van der Waals surface area contributed by atoms with Gasteiger partial charge >= 0.3 is 48.4 Å². The van der Waals surface area contributed by atoms with E-state index < -0.39 is 20.4 Å². The van der Waals surface area contributed by atoms with Crippen molar-refractivity contribution in [1.82, 2.24) is 58.1 Å². The minimum atomic E-state index is -2.33. The fourth-order valence-electron chi connectivity index (χ4n) is 12.7. The SMILES string of the molecule is O=C([O-])[O-].[Cu+2].[Cu+2].c1cn([BH-](n2ccc(C3CCCC3)n2)n2ccc(C3CCCC3)n2)nc1C1CCCC1.c1cn([BH-](n2ccc(C3CCCC3)n2)n2ccc(C3CCCC3)n2)nc1C1CCCC1. The third-order valence-corrected chi connectivity index (χ3v) is 16.3. The minimum Gasteiger partial charge on any atom is -0.652 e. The number of rotatable bonds is 12. The molecule has 12 rings (SSSR count). The van der Waals surface area contributed by atoms with Gasteiger partial charge in [0, 0.05) is 35.5 Å². The normalized spacial score (nSPS) is 19.7. The molecule has 68 heavy (non-hydrogen) atoms. The van der Waals surface area contributed by atoms with Crippen molar-refractivity contribution >= 4 is 20.4 Å². The second kappa shape index (κ2) is 23.5. The van der Waals surface area contributed by atoms with E-state index in [1.807, 2.05) is 0 Å². The Hall–Kier alpha value is -4.30. The summed E-state index contributed by atoms with van der Waals surface area (Å²) in [6, 6.07) is 13.4. The standard InChI is InChI=1S/2C24H34BN6.CH2O3.2Cu/c2*1-2-8-19(7-1)22-13-16-29(26-22)25(30-17-14-23(27-30)20-9-3-4-10-20)31-18-15-24(28-31)21-11-5-6-12-21;2-1(3)4;;/h2*13-21,25H,1-12H2;(H2,2,3,4);;/q2*-1;;2*+2/p-2. The van der Waals surface area contributed by atoms with Gasteiger partial charge < -0.3 is 42.6 Å². The molecule has 6 aliphatic carbocycles. The fraction of sp³-hybridized carbons (Fsp3) is 0.612. The molecule has 0 amide bonds. The molecule has 15 nitrogen and oxygen atoms in total. The van der Waals surface area contributed by atoms with Gasteiger partial charge in [0.05, 0.1) is 34.2 Å². The van der Waals surface area contributed by atoms with Crippen molar-refractivity contribution in [3.05, 3.63) is 108 Å². The Balaban J connectivity index is 0.000000166. The quantitative estimate of drug-likeness (QED) is 0.114. The Morgan fingerprint density at radius 1 is 0.338 bits per heavy atom. The van der Waals surface area contributed by atoms with Crippen molar-refractivity contribution in [3.8, 4) is 0 Å². The van der Waals surface area contributed by atoms with E-state index >= 15 is 0 Å². The molecule has 6 aromatic heterocycles. The maximum Gasteiger partial charge on any atom is 2.00 e. The average Bonchev–Trinajstić information content (AvgIpc) is 4.17. The van der Waals surface area contributed by atoms with E-state index in [-0.39, 0.29) is 34.1 Å². The number of carbonyl (C=O) groups excluding carboxylic acids is 1. The second-order valence-electron chi connectivity index (χ2n) is 20.7. The van der Waals surface area contributed by atoms with Gasteiger partial charge in [-0.15, -0.1) is 0 Å². The summed E-state index contributed by atoms with van der Waals surface area (Å²) in [7, 11) is -2.49. The molecule has 6 saturated carbocycles. The Labute approximate surface area is 422 Å². The molecule has 19 heteroatoms. The van der Waals surface area contributed by atoms with Gasteiger partial charge in [0.2, 0.25) is 0 Å². The van der Waals surface area contributed by atoms with Crippen LogP contribution in [0.4, 0.5) is 4.79 Å². The van der Waals surface area contributed by atoms with E-state index in [9.17, 15) is 0 Å². The zero-order valence-corrected chi connectivity index (χ0v) is 41.4. The Morgan fingerprint density at radius 2 is 0.471 bits per heavy atom. The molecule has 6 aliphatic rings. The van der Waals surface area contributed by atoms with Gasteiger partial charge in [-0.3, -0.25) is 0 Å². The molecule has 370 valence electrons. The monoisotopic (exact) mass is 1020 g/mol. The van der Waals surface area contributed by atoms with Crippen LogP contribution in [0.1, 0.15) is 224 Å². The molecule has 6 aromatic rings. The number of carboxylic acid groups (broad SMARTS) is 2. The first-order chi connectivity index (χ1) is 32.4. The summed E-state index contributed by atoms with van der Waals surface area (Å²) in [5.74, 6) is 3.75. The number of nitrogens with zero attached hydrogens (tertiary/aromatic N) is 12. The molecule has 0 aliphatic heterocycles. The van der Waals surface area contributed by atoms with Gasteiger partial charge in [-0.05, 0) is 157 Å². The van der Waals surface area contributed by atoms with Gasteiger partial charge in [0.1, 0.15) is 0 Å². The molecule has 6 heterocycles. The summed E-state index contributed by atoms with van der Waals surface area (Å²) in [5.41, 5.74) is 7.51. The van der Waals surface area contributed by atoms with Gasteiger partial charge in [0.15, 0.2) is 0 Å². The van der Waals surface area contributed by atoms with Gasteiger partial charge in [-0.25, -0.2) is 30.6 Å². The summed E-state index contributed by atoms with van der Waals surface area (Å²) in [5, 5.41) is 47.2. The summed E-state index contributed by atoms with van der Waals surface area (Å²) in [4.78, 5) is 8.33. The van der Waals surface area contributed by atoms with E-state index in [0.717, 1.165) is 0 Å². The largest absolute Gasteiger partial charge is 2.00 e. The fourth-order valence-corrected chi connectivity index (χ4v) is 12.7. The third kappa shape index (κ3) is 11.6. The molecule has 0 atom stereocenters. The van der Waals surface area contributed by atoms with Crippen molar-refractivity contribution in [1.29, 1.82) is 0 Å². The Bertz CT molecular complexity index is 2040. The van der Waals surface area contributed by atoms with Crippen molar-refractivity contribution in [2.75, 3.05) is 0 Å². The van der Waals surface area contributed by atoms with E-state index in [0.29, 0.717) is 35.5 Å². The van der Waals surface area contributed by atoms with Gasteiger partial charge in [-0.1, -0.05) is 77.0 Å². The van der Waals surface area contributed by atoms with Crippen LogP contribution in [-0.2, 0) is 34.1 Å². The third-order valence-electron chi connectivity index (χ3n) is 16.3. The number of carbonyl (C=O) groups is 1. The maximum atomic E-state index is 8.33. The smallest absolute Gasteiger partial charge is 0.652 e. The van der Waals surface area contributed by atoms with Crippen molar-refractivity contribution in [3.63, 3.8) is 0 Å². The minimum absolute atomic E-state index is 0. The van der Waals surface area contributed by atoms with E-state index in [1.54, 1.807) is 0 Å². The number of hydrogen-bond donors (Lipinski definition) is 0. The molecule has 6 fully saturated rings. The topological polar surface area (TPSA) is 170 Å².